The Bertz CT molecular complexity index is 641. The molecule has 2 rings (SSSR count). The number of benzene rings is 1. The Kier molecular flexibility index (Phi) is 3.89. The number of aryl methyl sites for hydroxylation is 2. The predicted octanol–water partition coefficient (Wildman–Crippen LogP) is 3.85. The van der Waals surface area contributed by atoms with E-state index < -0.39 is 12.0 Å². The molecule has 3 nitrogen and oxygen atoms in total. The highest BCUT2D eigenvalue weighted by molar-refractivity contribution is 7.99. The average Bonchev–Trinajstić information content (AvgIpc) is 2.31. The van der Waals surface area contributed by atoms with Crippen molar-refractivity contribution in [3.05, 3.63) is 41.2 Å². The average molecular weight is 299 g/mol. The molecule has 0 atom stereocenters. The number of nitrogens with zero attached hydrogens (tertiary/aromatic N) is 2. The number of hydrogen-bond acceptors (Lipinski definition) is 4. The van der Waals surface area contributed by atoms with Crippen LogP contribution >= 0.6 is 11.8 Å². The Morgan fingerprint density at radius 3 is 2.40 bits per heavy atom. The second-order valence-electron chi connectivity index (χ2n) is 4.32. The molecule has 0 spiro atoms. The van der Waals surface area contributed by atoms with Crippen molar-refractivity contribution in [1.82, 2.24) is 9.97 Å². The zero-order valence-corrected chi connectivity index (χ0v) is 11.6. The third-order valence-electron chi connectivity index (χ3n) is 2.52. The fraction of sp³-hybridized carbons (Fsp3) is 0.231. The molecular weight excluding hydrogens is 287 g/mol. The van der Waals surface area contributed by atoms with Gasteiger partial charge in [-0.1, -0.05) is 29.5 Å². The van der Waals surface area contributed by atoms with Gasteiger partial charge < -0.3 is 5.73 Å². The molecule has 0 aliphatic heterocycles. The Morgan fingerprint density at radius 2 is 1.80 bits per heavy atom. The molecule has 0 radical (unpaired) electrons. The quantitative estimate of drug-likeness (QED) is 0.856. The summed E-state index contributed by atoms with van der Waals surface area (Å²) in [5, 5.41) is 0.178. The van der Waals surface area contributed by atoms with Gasteiger partial charge in [-0.3, -0.25) is 0 Å². The zero-order valence-electron chi connectivity index (χ0n) is 10.8. The number of alkyl halides is 3. The van der Waals surface area contributed by atoms with Gasteiger partial charge in [0.25, 0.3) is 0 Å². The van der Waals surface area contributed by atoms with Gasteiger partial charge in [0.2, 0.25) is 5.82 Å². The van der Waals surface area contributed by atoms with E-state index in [2.05, 4.69) is 9.97 Å². The minimum absolute atomic E-state index is 0.178. The van der Waals surface area contributed by atoms with Crippen LogP contribution in [0.5, 0.6) is 0 Å². The highest BCUT2D eigenvalue weighted by Crippen LogP contribution is 2.33. The lowest BCUT2D eigenvalue weighted by Gasteiger charge is -2.09. The van der Waals surface area contributed by atoms with Gasteiger partial charge in [0, 0.05) is 11.0 Å². The van der Waals surface area contributed by atoms with Gasteiger partial charge in [-0.25, -0.2) is 9.97 Å². The number of rotatable bonds is 2. The van der Waals surface area contributed by atoms with E-state index in [0.717, 1.165) is 27.8 Å². The Hall–Kier alpha value is -1.76. The van der Waals surface area contributed by atoms with Crippen LogP contribution in [0.2, 0.25) is 0 Å². The van der Waals surface area contributed by atoms with Crippen molar-refractivity contribution in [3.8, 4) is 0 Å². The molecular formula is C13H12F3N3S. The first-order chi connectivity index (χ1) is 9.25. The Balaban J connectivity index is 2.36. The lowest BCUT2D eigenvalue weighted by atomic mass is 10.2. The summed E-state index contributed by atoms with van der Waals surface area (Å²) in [7, 11) is 0. The fourth-order valence-corrected chi connectivity index (χ4v) is 2.54. The molecule has 0 saturated carbocycles. The molecule has 0 aliphatic carbocycles. The Labute approximate surface area is 118 Å². The number of halogens is 3. The Morgan fingerprint density at radius 1 is 1.10 bits per heavy atom. The largest absolute Gasteiger partial charge is 0.451 e. The van der Waals surface area contributed by atoms with Crippen molar-refractivity contribution >= 4 is 17.6 Å². The minimum Gasteiger partial charge on any atom is -0.384 e. The van der Waals surface area contributed by atoms with Crippen molar-refractivity contribution in [2.24, 2.45) is 0 Å². The summed E-state index contributed by atoms with van der Waals surface area (Å²) in [6, 6.07) is 7.03. The number of nitrogens with two attached hydrogens (primary N) is 1. The van der Waals surface area contributed by atoms with Crippen molar-refractivity contribution in [1.29, 1.82) is 0 Å². The van der Waals surface area contributed by atoms with E-state index in [0.29, 0.717) is 0 Å². The van der Waals surface area contributed by atoms with Crippen LogP contribution in [-0.4, -0.2) is 9.97 Å². The van der Waals surface area contributed by atoms with E-state index in [1.807, 2.05) is 32.0 Å². The van der Waals surface area contributed by atoms with Gasteiger partial charge in [0.15, 0.2) is 0 Å². The van der Waals surface area contributed by atoms with E-state index >= 15 is 0 Å². The van der Waals surface area contributed by atoms with E-state index in [1.165, 1.54) is 6.07 Å². The van der Waals surface area contributed by atoms with Gasteiger partial charge >= 0.3 is 6.18 Å². The first-order valence-electron chi connectivity index (χ1n) is 5.72. The number of nitrogen functional groups attached to an aromatic ring is 1. The fourth-order valence-electron chi connectivity index (χ4n) is 1.65. The standard InChI is InChI=1S/C13H12F3N3S/c1-7-3-4-9(8(2)5-7)20-11-6-10(17)18-12(19-11)13(14,15)16/h3-6H,1-2H3,(H2,17,18,19). The summed E-state index contributed by atoms with van der Waals surface area (Å²) < 4.78 is 37.9. The van der Waals surface area contributed by atoms with Crippen molar-refractivity contribution < 1.29 is 13.2 Å². The maximum absolute atomic E-state index is 12.6. The van der Waals surface area contributed by atoms with Gasteiger partial charge in [-0.2, -0.15) is 13.2 Å². The third-order valence-corrected chi connectivity index (χ3v) is 3.62. The van der Waals surface area contributed by atoms with Gasteiger partial charge in [-0.05, 0) is 25.5 Å². The molecule has 0 fully saturated rings. The third kappa shape index (κ3) is 3.41. The predicted molar refractivity (Wildman–Crippen MR) is 71.5 cm³/mol. The molecule has 7 heteroatoms. The number of anilines is 1. The highest BCUT2D eigenvalue weighted by Gasteiger charge is 2.35. The number of hydrogen-bond donors (Lipinski definition) is 1. The maximum Gasteiger partial charge on any atom is 0.451 e. The zero-order chi connectivity index (χ0) is 14.9. The van der Waals surface area contributed by atoms with Crippen molar-refractivity contribution in [2.45, 2.75) is 29.9 Å². The molecule has 106 valence electrons. The van der Waals surface area contributed by atoms with E-state index in [4.69, 9.17) is 5.73 Å². The topological polar surface area (TPSA) is 51.8 Å². The van der Waals surface area contributed by atoms with Crippen LogP contribution in [-0.2, 0) is 6.18 Å². The summed E-state index contributed by atoms with van der Waals surface area (Å²) in [5.74, 6) is -1.41. The molecule has 0 saturated heterocycles. The summed E-state index contributed by atoms with van der Waals surface area (Å²) in [6.45, 7) is 3.84. The molecule has 0 aliphatic rings. The molecule has 0 unspecified atom stereocenters. The van der Waals surface area contributed by atoms with E-state index in [1.54, 1.807) is 0 Å². The summed E-state index contributed by atoms with van der Waals surface area (Å²) in [5.41, 5.74) is 7.47. The van der Waals surface area contributed by atoms with Gasteiger partial charge in [-0.15, -0.1) is 0 Å². The monoisotopic (exact) mass is 299 g/mol. The van der Waals surface area contributed by atoms with Gasteiger partial charge in [0.05, 0.1) is 0 Å². The smallest absolute Gasteiger partial charge is 0.384 e. The van der Waals surface area contributed by atoms with Crippen LogP contribution in [0.1, 0.15) is 17.0 Å². The molecule has 0 amide bonds. The normalized spacial score (nSPS) is 11.7. The van der Waals surface area contributed by atoms with Crippen LogP contribution in [0, 0.1) is 13.8 Å². The minimum atomic E-state index is -4.60. The van der Waals surface area contributed by atoms with Crippen LogP contribution in [0.15, 0.2) is 34.2 Å². The lowest BCUT2D eigenvalue weighted by molar-refractivity contribution is -0.145. The molecule has 0 bridgehead atoms. The summed E-state index contributed by atoms with van der Waals surface area (Å²) in [4.78, 5) is 7.56. The van der Waals surface area contributed by atoms with E-state index in [9.17, 15) is 13.2 Å². The molecule has 20 heavy (non-hydrogen) atoms. The first-order valence-corrected chi connectivity index (χ1v) is 6.54. The highest BCUT2D eigenvalue weighted by atomic mass is 32.2. The van der Waals surface area contributed by atoms with Crippen LogP contribution in [0.25, 0.3) is 0 Å². The summed E-state index contributed by atoms with van der Waals surface area (Å²) in [6.07, 6.45) is -4.60. The molecule has 1 heterocycles. The molecule has 1 aromatic heterocycles. The SMILES string of the molecule is Cc1ccc(Sc2cc(N)nc(C(F)(F)F)n2)c(C)c1. The number of aromatic nitrogens is 2. The van der Waals surface area contributed by atoms with Gasteiger partial charge in [0.1, 0.15) is 10.8 Å². The first kappa shape index (κ1) is 14.6. The maximum atomic E-state index is 12.6. The molecule has 2 N–H and O–H groups in total. The van der Waals surface area contributed by atoms with Crippen molar-refractivity contribution in [3.63, 3.8) is 0 Å². The second kappa shape index (κ2) is 5.32. The van der Waals surface area contributed by atoms with Crippen LogP contribution < -0.4 is 5.73 Å². The second-order valence-corrected chi connectivity index (χ2v) is 5.39. The lowest BCUT2D eigenvalue weighted by Crippen LogP contribution is -2.12. The van der Waals surface area contributed by atoms with Crippen LogP contribution in [0.4, 0.5) is 19.0 Å². The van der Waals surface area contributed by atoms with Crippen molar-refractivity contribution in [2.75, 3.05) is 5.73 Å². The molecule has 2 aromatic rings. The van der Waals surface area contributed by atoms with Crippen LogP contribution in [0.3, 0.4) is 0 Å². The molecule has 1 aromatic carbocycles. The summed E-state index contributed by atoms with van der Waals surface area (Å²) >= 11 is 1.14. The van der Waals surface area contributed by atoms with E-state index in [-0.39, 0.29) is 10.8 Å².